The number of phenols is 1. The molecule has 1 saturated carbocycles. The normalized spacial score (nSPS) is 34.8. The van der Waals surface area contributed by atoms with Crippen molar-refractivity contribution in [1.29, 1.82) is 0 Å². The molecule has 0 radical (unpaired) electrons. The van der Waals surface area contributed by atoms with Crippen LogP contribution in [0.5, 0.6) is 11.5 Å². The number of phenolic OH excluding ortho intramolecular Hbond substituents is 1. The summed E-state index contributed by atoms with van der Waals surface area (Å²) < 4.78 is 5.25. The summed E-state index contributed by atoms with van der Waals surface area (Å²) in [6.07, 6.45) is 1.29. The van der Waals surface area contributed by atoms with Gasteiger partial charge in [0.25, 0.3) is 11.8 Å². The summed E-state index contributed by atoms with van der Waals surface area (Å²) in [7, 11) is 2.64. The van der Waals surface area contributed by atoms with Crippen LogP contribution in [-0.2, 0) is 24.0 Å². The second-order valence-electron chi connectivity index (χ2n) is 9.87. The molecule has 0 bridgehead atoms. The molecular formula is C25H24Cl2N2O8. The molecule has 1 aromatic carbocycles. The van der Waals surface area contributed by atoms with Gasteiger partial charge in [0.1, 0.15) is 0 Å². The zero-order valence-corrected chi connectivity index (χ0v) is 21.5. The number of aliphatic carboxylic acids is 1. The van der Waals surface area contributed by atoms with Gasteiger partial charge in [-0.3, -0.25) is 33.8 Å². The third-order valence-electron chi connectivity index (χ3n) is 8.22. The lowest BCUT2D eigenvalue weighted by atomic mass is 9.56. The zero-order chi connectivity index (χ0) is 27.0. The van der Waals surface area contributed by atoms with Crippen molar-refractivity contribution in [3.8, 4) is 11.5 Å². The van der Waals surface area contributed by atoms with Crippen molar-refractivity contribution >= 4 is 52.8 Å². The largest absolute Gasteiger partial charge is 0.504 e. The number of carbonyl (C=O) groups excluding carboxylic acids is 4. The monoisotopic (exact) mass is 550 g/mol. The molecule has 12 heteroatoms. The molecule has 2 aliphatic heterocycles. The lowest BCUT2D eigenvalue weighted by molar-refractivity contribution is -0.143. The maximum atomic E-state index is 13.5. The maximum absolute atomic E-state index is 13.5. The number of hydrogen-bond acceptors (Lipinski definition) is 7. The van der Waals surface area contributed by atoms with Gasteiger partial charge in [0, 0.05) is 25.1 Å². The number of aromatic hydroxyl groups is 1. The molecule has 2 N–H and O–H groups in total. The second kappa shape index (κ2) is 8.46. The van der Waals surface area contributed by atoms with Crippen molar-refractivity contribution in [3.05, 3.63) is 35.4 Å². The van der Waals surface area contributed by atoms with Gasteiger partial charge < -0.3 is 14.9 Å². The van der Waals surface area contributed by atoms with E-state index < -0.39 is 69.4 Å². The fraction of sp³-hybridized carbons (Fsp3) is 0.480. The number of carboxylic acids is 1. The number of hydrogen-bond donors (Lipinski definition) is 2. The summed E-state index contributed by atoms with van der Waals surface area (Å²) in [5.74, 6) is -7.36. The number of likely N-dealkylation sites (tertiary alicyclic amines) is 2. The van der Waals surface area contributed by atoms with Gasteiger partial charge in [-0.1, -0.05) is 23.8 Å². The number of rotatable bonds is 5. The summed E-state index contributed by atoms with van der Waals surface area (Å²) in [4.78, 5) is 62.4. The first-order chi connectivity index (χ1) is 17.4. The first kappa shape index (κ1) is 25.5. The number of nitrogens with zero attached hydrogens (tertiary/aromatic N) is 2. The van der Waals surface area contributed by atoms with Crippen LogP contribution >= 0.6 is 23.2 Å². The molecule has 4 amide bonds. The average Bonchev–Trinajstić information content (AvgIpc) is 3.18. The summed E-state index contributed by atoms with van der Waals surface area (Å²) >= 11 is 14.1. The van der Waals surface area contributed by atoms with E-state index in [1.807, 2.05) is 0 Å². The molecule has 10 nitrogen and oxygen atoms in total. The number of carbonyl (C=O) groups is 5. The number of alkyl halides is 2. The minimum Gasteiger partial charge on any atom is -0.504 e. The number of benzene rings is 1. The fourth-order valence-electron chi connectivity index (χ4n) is 6.52. The molecule has 2 aliphatic carbocycles. The van der Waals surface area contributed by atoms with Gasteiger partial charge in [-0.2, -0.15) is 0 Å². The van der Waals surface area contributed by atoms with E-state index in [0.717, 1.165) is 9.80 Å². The van der Waals surface area contributed by atoms with Crippen LogP contribution in [0.3, 0.4) is 0 Å². The van der Waals surface area contributed by atoms with E-state index in [9.17, 15) is 29.1 Å². The summed E-state index contributed by atoms with van der Waals surface area (Å²) in [6, 6.07) is 4.67. The number of imide groups is 2. The Morgan fingerprint density at radius 3 is 2.49 bits per heavy atom. The van der Waals surface area contributed by atoms with Gasteiger partial charge in [0.15, 0.2) is 21.2 Å². The first-order valence-electron chi connectivity index (χ1n) is 11.7. The molecule has 2 heterocycles. The number of methoxy groups -OCH3 is 1. The van der Waals surface area contributed by atoms with Gasteiger partial charge in [0.2, 0.25) is 11.8 Å². The molecule has 2 saturated heterocycles. The molecule has 3 fully saturated rings. The van der Waals surface area contributed by atoms with Crippen LogP contribution in [0, 0.1) is 17.8 Å². The summed E-state index contributed by atoms with van der Waals surface area (Å²) in [5, 5.41) is 20.1. The molecule has 1 aromatic rings. The van der Waals surface area contributed by atoms with Crippen molar-refractivity contribution in [2.45, 2.75) is 34.9 Å². The fourth-order valence-corrected chi connectivity index (χ4v) is 7.53. The smallest absolute Gasteiger partial charge is 0.305 e. The Morgan fingerprint density at radius 1 is 1.14 bits per heavy atom. The van der Waals surface area contributed by atoms with Crippen LogP contribution in [0.2, 0.25) is 0 Å². The van der Waals surface area contributed by atoms with Crippen molar-refractivity contribution in [2.75, 3.05) is 20.7 Å². The number of allylic oxidation sites excluding steroid dienone is 2. The molecule has 37 heavy (non-hydrogen) atoms. The van der Waals surface area contributed by atoms with E-state index in [1.54, 1.807) is 18.2 Å². The summed E-state index contributed by atoms with van der Waals surface area (Å²) in [6.45, 7) is -0.270. The molecule has 0 spiro atoms. The standard InChI is InChI=1S/C25H24Cl2N2O8/c1-28-22(35)24(26)10-14-11(6-7-12-17(14)21(34)29(20(12)33)9-8-16(30)31)18(25(24,27)23(28)36)13-4-3-5-15(37-2)19(13)32/h3-6,12,14,17-18,32H,7-10H2,1-2H3,(H,30,31). The SMILES string of the molecule is COc1cccc(C2C3=CCC4C(=O)N(CCC(=O)O)C(=O)C4C3CC3(Cl)C(=O)N(C)C(=O)C23Cl)c1O. The topological polar surface area (TPSA) is 142 Å². The van der Waals surface area contributed by atoms with Crippen LogP contribution < -0.4 is 4.74 Å². The lowest BCUT2D eigenvalue weighted by Gasteiger charge is -2.50. The molecule has 6 unspecified atom stereocenters. The number of para-hydroxylation sites is 1. The number of carboxylic acid groups (broad SMARTS) is 1. The van der Waals surface area contributed by atoms with Crippen molar-refractivity contribution in [3.63, 3.8) is 0 Å². The molecule has 4 aliphatic rings. The van der Waals surface area contributed by atoms with Gasteiger partial charge >= 0.3 is 5.97 Å². The highest BCUT2D eigenvalue weighted by molar-refractivity contribution is 6.53. The number of fused-ring (bicyclic) bond motifs is 4. The second-order valence-corrected chi connectivity index (χ2v) is 11.1. The maximum Gasteiger partial charge on any atom is 0.305 e. The quantitative estimate of drug-likeness (QED) is 0.321. The van der Waals surface area contributed by atoms with Crippen LogP contribution in [0.25, 0.3) is 0 Å². The van der Waals surface area contributed by atoms with Crippen molar-refractivity contribution in [2.24, 2.45) is 17.8 Å². The Kier molecular flexibility index (Phi) is 5.84. The molecule has 0 aromatic heterocycles. The van der Waals surface area contributed by atoms with Crippen LogP contribution in [-0.4, -0.2) is 80.1 Å². The summed E-state index contributed by atoms with van der Waals surface area (Å²) in [5.41, 5.74) is 0.721. The predicted octanol–water partition coefficient (Wildman–Crippen LogP) is 1.86. The number of halogens is 2. The Morgan fingerprint density at radius 2 is 1.84 bits per heavy atom. The van der Waals surface area contributed by atoms with E-state index >= 15 is 0 Å². The number of amides is 4. The van der Waals surface area contributed by atoms with E-state index in [4.69, 9.17) is 33.0 Å². The number of ether oxygens (including phenoxy) is 1. The minimum atomic E-state index is -2.02. The van der Waals surface area contributed by atoms with E-state index in [2.05, 4.69) is 0 Å². The Balaban J connectivity index is 1.69. The van der Waals surface area contributed by atoms with E-state index in [1.165, 1.54) is 20.2 Å². The van der Waals surface area contributed by atoms with Crippen LogP contribution in [0.4, 0.5) is 0 Å². The average molecular weight is 551 g/mol. The van der Waals surface area contributed by atoms with Crippen LogP contribution in [0.15, 0.2) is 29.8 Å². The zero-order valence-electron chi connectivity index (χ0n) is 19.9. The Labute approximate surface area is 221 Å². The first-order valence-corrected chi connectivity index (χ1v) is 12.5. The molecule has 5 rings (SSSR count). The Hall–Kier alpha value is -3.11. The highest BCUT2D eigenvalue weighted by atomic mass is 35.5. The third-order valence-corrected chi connectivity index (χ3v) is 9.63. The lowest BCUT2D eigenvalue weighted by Crippen LogP contribution is -2.60. The van der Waals surface area contributed by atoms with Gasteiger partial charge in [-0.05, 0) is 24.8 Å². The van der Waals surface area contributed by atoms with E-state index in [-0.39, 0.29) is 36.4 Å². The highest BCUT2D eigenvalue weighted by Gasteiger charge is 2.76. The minimum absolute atomic E-state index is 0.117. The highest BCUT2D eigenvalue weighted by Crippen LogP contribution is 2.66. The van der Waals surface area contributed by atoms with Crippen molar-refractivity contribution in [1.82, 2.24) is 9.80 Å². The third kappa shape index (κ3) is 3.21. The Bertz CT molecular complexity index is 1300. The van der Waals surface area contributed by atoms with Gasteiger partial charge in [-0.25, -0.2) is 0 Å². The van der Waals surface area contributed by atoms with Crippen LogP contribution in [0.1, 0.15) is 30.7 Å². The van der Waals surface area contributed by atoms with E-state index in [0.29, 0.717) is 5.57 Å². The molecule has 196 valence electrons. The molecular weight excluding hydrogens is 527 g/mol. The van der Waals surface area contributed by atoms with Crippen molar-refractivity contribution < 1.29 is 38.9 Å². The predicted molar refractivity (Wildman–Crippen MR) is 129 cm³/mol. The van der Waals surface area contributed by atoms with Gasteiger partial charge in [-0.15, -0.1) is 23.2 Å². The van der Waals surface area contributed by atoms with Gasteiger partial charge in [0.05, 0.1) is 25.4 Å². The molecule has 6 atom stereocenters.